The molecule has 0 radical (unpaired) electrons. The zero-order valence-corrected chi connectivity index (χ0v) is 17.3. The van der Waals surface area contributed by atoms with Crippen molar-refractivity contribution in [3.05, 3.63) is 36.5 Å². The lowest BCUT2D eigenvalue weighted by Crippen LogP contribution is -2.03. The van der Waals surface area contributed by atoms with Crippen LogP contribution in [0.4, 0.5) is 0 Å². The van der Waals surface area contributed by atoms with E-state index in [4.69, 9.17) is 15.3 Å². The number of carbonyl (C=O) groups is 3. The molecule has 0 atom stereocenters. The van der Waals surface area contributed by atoms with Crippen LogP contribution in [0.1, 0.15) is 67.7 Å². The second-order valence-corrected chi connectivity index (χ2v) is 6.92. The van der Waals surface area contributed by atoms with E-state index >= 15 is 0 Å². The van der Waals surface area contributed by atoms with Gasteiger partial charge in [-0.3, -0.25) is 0 Å². The molecule has 6 heteroatoms. The zero-order valence-electron chi connectivity index (χ0n) is 17.3. The molecule has 0 saturated heterocycles. The first-order valence-corrected chi connectivity index (χ1v) is 8.15. The predicted octanol–water partition coefficient (Wildman–Crippen LogP) is 5.16. The molecule has 0 bridgehead atoms. The first kappa shape index (κ1) is 31.4. The van der Waals surface area contributed by atoms with E-state index in [1.165, 1.54) is 40.0 Å². The molecule has 0 spiro atoms. The summed E-state index contributed by atoms with van der Waals surface area (Å²) in [6.07, 6.45) is 4.07. The van der Waals surface area contributed by atoms with Gasteiger partial charge < -0.3 is 15.3 Å². The molecule has 0 aromatic rings. The van der Waals surface area contributed by atoms with Crippen molar-refractivity contribution in [2.75, 3.05) is 0 Å². The lowest BCUT2D eigenvalue weighted by atomic mass is 9.90. The number of hydrogen-bond acceptors (Lipinski definition) is 3. The van der Waals surface area contributed by atoms with Gasteiger partial charge in [0.15, 0.2) is 0 Å². The molecule has 0 aromatic heterocycles. The van der Waals surface area contributed by atoms with Crippen LogP contribution in [0.15, 0.2) is 36.5 Å². The maximum Gasteiger partial charge on any atom is 0.330 e. The highest BCUT2D eigenvalue weighted by atomic mass is 16.4. The summed E-state index contributed by atoms with van der Waals surface area (Å²) in [4.78, 5) is 28.8. The normalized spacial score (nSPS) is 8.88. The highest BCUT2D eigenvalue weighted by Gasteiger charge is 2.07. The van der Waals surface area contributed by atoms with E-state index in [9.17, 15) is 14.4 Å². The number of hydrogen-bond donors (Lipinski definition) is 3. The van der Waals surface area contributed by atoms with Crippen LogP contribution >= 0.6 is 0 Å². The van der Waals surface area contributed by atoms with Crippen LogP contribution < -0.4 is 0 Å². The third-order valence-corrected chi connectivity index (χ3v) is 2.38. The van der Waals surface area contributed by atoms with Crippen molar-refractivity contribution < 1.29 is 29.7 Å². The fraction of sp³-hybridized carbons (Fsp3) is 0.550. The zero-order chi connectivity index (χ0) is 22.1. The highest BCUT2D eigenvalue weighted by molar-refractivity contribution is 5.85. The lowest BCUT2D eigenvalue weighted by molar-refractivity contribution is -0.133. The molecule has 0 amide bonds. The van der Waals surface area contributed by atoms with Gasteiger partial charge in [-0.2, -0.15) is 0 Å². The van der Waals surface area contributed by atoms with Crippen LogP contribution in [0.3, 0.4) is 0 Å². The van der Waals surface area contributed by atoms with Crippen LogP contribution in [0.25, 0.3) is 0 Å². The Balaban J connectivity index is -0.000000125. The van der Waals surface area contributed by atoms with Crippen LogP contribution in [0.2, 0.25) is 0 Å². The molecule has 0 rings (SSSR count). The van der Waals surface area contributed by atoms with Gasteiger partial charge in [-0.15, -0.1) is 0 Å². The standard InChI is InChI=1S/C8H18.3C4H6O2/c1-5-6-7-8(2,3)4;3*1-3(2)4(5)6/h5-7H2,1-4H3;3*1H2,2H3,(H,5,6). The molecule has 0 aliphatic carbocycles. The summed E-state index contributed by atoms with van der Waals surface area (Å²) in [5.41, 5.74) is 1.08. The Hall–Kier alpha value is -2.37. The monoisotopic (exact) mass is 372 g/mol. The molecule has 6 nitrogen and oxygen atoms in total. The molecule has 26 heavy (non-hydrogen) atoms. The van der Waals surface area contributed by atoms with Gasteiger partial charge in [-0.25, -0.2) is 14.4 Å². The fourth-order valence-electron chi connectivity index (χ4n) is 0.707. The van der Waals surface area contributed by atoms with Crippen LogP contribution in [0, 0.1) is 5.41 Å². The van der Waals surface area contributed by atoms with E-state index < -0.39 is 17.9 Å². The van der Waals surface area contributed by atoms with Crippen molar-refractivity contribution in [2.24, 2.45) is 5.41 Å². The van der Waals surface area contributed by atoms with Crippen molar-refractivity contribution in [2.45, 2.75) is 67.7 Å². The quantitative estimate of drug-likeness (QED) is 0.574. The molecule has 0 aromatic carbocycles. The topological polar surface area (TPSA) is 112 Å². The Kier molecular flexibility index (Phi) is 21.1. The molecule has 0 aliphatic heterocycles. The second kappa shape index (κ2) is 17.5. The summed E-state index contributed by atoms with van der Waals surface area (Å²) in [6.45, 7) is 22.9. The Morgan fingerprint density at radius 1 is 0.731 bits per heavy atom. The number of carboxylic acids is 3. The first-order valence-electron chi connectivity index (χ1n) is 8.15. The average Bonchev–Trinajstić information content (AvgIpc) is 2.45. The number of carboxylic acid groups (broad SMARTS) is 3. The molecule has 0 unspecified atom stereocenters. The minimum absolute atomic E-state index is 0.176. The minimum atomic E-state index is -0.935. The summed E-state index contributed by atoms with van der Waals surface area (Å²) in [5, 5.41) is 23.7. The number of unbranched alkanes of at least 4 members (excludes halogenated alkanes) is 1. The fourth-order valence-corrected chi connectivity index (χ4v) is 0.707. The highest BCUT2D eigenvalue weighted by Crippen LogP contribution is 2.20. The Morgan fingerprint density at radius 3 is 0.962 bits per heavy atom. The smallest absolute Gasteiger partial charge is 0.330 e. The van der Waals surface area contributed by atoms with Gasteiger partial charge in [0.25, 0.3) is 0 Å². The number of aliphatic carboxylic acids is 3. The largest absolute Gasteiger partial charge is 0.478 e. The van der Waals surface area contributed by atoms with Gasteiger partial charge in [0.05, 0.1) is 0 Å². The maximum atomic E-state index is 9.60. The van der Waals surface area contributed by atoms with Gasteiger partial charge in [0.1, 0.15) is 0 Å². The summed E-state index contributed by atoms with van der Waals surface area (Å²) < 4.78 is 0. The van der Waals surface area contributed by atoms with Crippen molar-refractivity contribution >= 4 is 17.9 Å². The van der Waals surface area contributed by atoms with E-state index in [1.807, 2.05) is 0 Å². The van der Waals surface area contributed by atoms with Gasteiger partial charge >= 0.3 is 17.9 Å². The Morgan fingerprint density at radius 2 is 0.923 bits per heavy atom. The molecule has 0 aliphatic rings. The van der Waals surface area contributed by atoms with E-state index in [2.05, 4.69) is 47.4 Å². The van der Waals surface area contributed by atoms with Crippen molar-refractivity contribution in [3.63, 3.8) is 0 Å². The van der Waals surface area contributed by atoms with Gasteiger partial charge in [0.2, 0.25) is 0 Å². The van der Waals surface area contributed by atoms with Crippen molar-refractivity contribution in [1.29, 1.82) is 0 Å². The molecule has 0 saturated carbocycles. The minimum Gasteiger partial charge on any atom is -0.478 e. The van der Waals surface area contributed by atoms with Gasteiger partial charge in [-0.05, 0) is 32.6 Å². The van der Waals surface area contributed by atoms with E-state index in [0.29, 0.717) is 5.41 Å². The summed E-state index contributed by atoms with van der Waals surface area (Å²) in [5.74, 6) is -2.81. The average molecular weight is 373 g/mol. The van der Waals surface area contributed by atoms with E-state index in [-0.39, 0.29) is 16.7 Å². The van der Waals surface area contributed by atoms with Crippen LogP contribution in [0.5, 0.6) is 0 Å². The maximum absolute atomic E-state index is 9.60. The van der Waals surface area contributed by atoms with Crippen LogP contribution in [-0.4, -0.2) is 33.2 Å². The molecular formula is C20H36O6. The Labute approximate surface area is 157 Å². The van der Waals surface area contributed by atoms with Crippen molar-refractivity contribution in [3.8, 4) is 0 Å². The Bertz CT molecular complexity index is 388. The molecule has 0 heterocycles. The second-order valence-electron chi connectivity index (χ2n) is 6.92. The first-order chi connectivity index (χ1) is 11.5. The van der Waals surface area contributed by atoms with Gasteiger partial charge in [-0.1, -0.05) is 60.3 Å². The van der Waals surface area contributed by atoms with E-state index in [1.54, 1.807) is 0 Å². The molecule has 152 valence electrons. The predicted molar refractivity (Wildman–Crippen MR) is 106 cm³/mol. The lowest BCUT2D eigenvalue weighted by Gasteiger charge is -2.16. The summed E-state index contributed by atoms with van der Waals surface area (Å²) in [7, 11) is 0. The summed E-state index contributed by atoms with van der Waals surface area (Å²) >= 11 is 0. The summed E-state index contributed by atoms with van der Waals surface area (Å²) in [6, 6.07) is 0. The molecular weight excluding hydrogens is 336 g/mol. The van der Waals surface area contributed by atoms with E-state index in [0.717, 1.165) is 0 Å². The van der Waals surface area contributed by atoms with Gasteiger partial charge in [0, 0.05) is 16.7 Å². The third kappa shape index (κ3) is 43.0. The third-order valence-electron chi connectivity index (χ3n) is 2.38. The SMILES string of the molecule is C=C(C)C(=O)O.C=C(C)C(=O)O.C=C(C)C(=O)O.CCCCC(C)(C)C. The van der Waals surface area contributed by atoms with Crippen LogP contribution in [-0.2, 0) is 14.4 Å². The molecule has 0 fully saturated rings. The molecule has 3 N–H and O–H groups in total. The van der Waals surface area contributed by atoms with Crippen molar-refractivity contribution in [1.82, 2.24) is 0 Å². The number of rotatable bonds is 5.